The smallest absolute Gasteiger partial charge is 0.201 e. The van der Waals surface area contributed by atoms with Crippen molar-refractivity contribution in [3.63, 3.8) is 0 Å². The first kappa shape index (κ1) is 9.59. The molecule has 0 bridgehead atoms. The largest absolute Gasteiger partial charge is 0.216 e. The van der Waals surface area contributed by atoms with Crippen LogP contribution < -0.4 is 4.57 Å². The Bertz CT molecular complexity index is 504. The van der Waals surface area contributed by atoms with Crippen LogP contribution in [-0.4, -0.2) is 0 Å². The molecule has 3 rings (SSSR count). The van der Waals surface area contributed by atoms with Gasteiger partial charge in [-0.05, 0) is 37.0 Å². The van der Waals surface area contributed by atoms with E-state index in [1.807, 2.05) is 0 Å². The van der Waals surface area contributed by atoms with E-state index in [1.54, 1.807) is 0 Å². The Hall–Kier alpha value is -1.63. The molecule has 0 saturated carbocycles. The number of aromatic nitrogens is 1. The van der Waals surface area contributed by atoms with Gasteiger partial charge in [-0.25, -0.2) is 4.57 Å². The molecule has 1 aliphatic rings. The fraction of sp³-hybridized carbons (Fsp3) is 0.267. The number of hydrogen-bond acceptors (Lipinski definition) is 0. The van der Waals surface area contributed by atoms with E-state index in [0.29, 0.717) is 0 Å². The molecule has 0 atom stereocenters. The first-order valence-electron chi connectivity index (χ1n) is 5.84. The lowest BCUT2D eigenvalue weighted by Crippen LogP contribution is -2.33. The van der Waals surface area contributed by atoms with Crippen LogP contribution in [0.3, 0.4) is 0 Å². The summed E-state index contributed by atoms with van der Waals surface area (Å²) in [6.07, 6.45) is 4.48. The minimum atomic E-state index is 1.17. The number of benzene rings is 1. The molecule has 2 aromatic rings. The van der Waals surface area contributed by atoms with Crippen molar-refractivity contribution in [3.8, 4) is 11.3 Å². The average Bonchev–Trinajstić information content (AvgIpc) is 2.29. The highest BCUT2D eigenvalue weighted by Gasteiger charge is 2.24. The molecule has 0 N–H and O–H groups in total. The lowest BCUT2D eigenvalue weighted by molar-refractivity contribution is -0.660. The van der Waals surface area contributed by atoms with Gasteiger partial charge in [-0.2, -0.15) is 0 Å². The van der Waals surface area contributed by atoms with Crippen LogP contribution in [0.1, 0.15) is 16.7 Å². The predicted molar refractivity (Wildman–Crippen MR) is 65.2 cm³/mol. The number of rotatable bonds is 0. The van der Waals surface area contributed by atoms with E-state index in [9.17, 15) is 0 Å². The van der Waals surface area contributed by atoms with E-state index < -0.39 is 0 Å². The minimum Gasteiger partial charge on any atom is -0.201 e. The first-order valence-corrected chi connectivity index (χ1v) is 5.84. The van der Waals surface area contributed by atoms with E-state index in [0.717, 1.165) is 0 Å². The second-order valence-electron chi connectivity index (χ2n) is 4.60. The Morgan fingerprint density at radius 3 is 2.62 bits per heavy atom. The molecule has 1 aromatic heterocycles. The van der Waals surface area contributed by atoms with Crippen LogP contribution >= 0.6 is 0 Å². The molecule has 0 saturated heterocycles. The van der Waals surface area contributed by atoms with Crippen LogP contribution in [0.25, 0.3) is 11.3 Å². The molecular formula is C15H16N+. The third-order valence-corrected chi connectivity index (χ3v) is 3.52. The minimum absolute atomic E-state index is 1.17. The highest BCUT2D eigenvalue weighted by molar-refractivity contribution is 5.70. The van der Waals surface area contributed by atoms with Gasteiger partial charge in [-0.15, -0.1) is 0 Å². The maximum absolute atomic E-state index is 2.26. The summed E-state index contributed by atoms with van der Waals surface area (Å²) in [6, 6.07) is 11.0. The van der Waals surface area contributed by atoms with E-state index >= 15 is 0 Å². The molecule has 0 aliphatic heterocycles. The van der Waals surface area contributed by atoms with Gasteiger partial charge in [0.2, 0.25) is 5.69 Å². The third kappa shape index (κ3) is 1.28. The number of aryl methyl sites for hydroxylation is 4. The molecule has 1 aliphatic carbocycles. The van der Waals surface area contributed by atoms with E-state index in [-0.39, 0.29) is 0 Å². The summed E-state index contributed by atoms with van der Waals surface area (Å²) in [4.78, 5) is 0. The Morgan fingerprint density at radius 2 is 1.75 bits per heavy atom. The van der Waals surface area contributed by atoms with Crippen LogP contribution in [0.15, 0.2) is 36.5 Å². The maximum atomic E-state index is 2.26. The molecule has 16 heavy (non-hydrogen) atoms. The first-order chi connectivity index (χ1) is 7.77. The molecule has 1 aromatic carbocycles. The Kier molecular flexibility index (Phi) is 2.06. The Morgan fingerprint density at radius 1 is 1.00 bits per heavy atom. The van der Waals surface area contributed by atoms with Gasteiger partial charge >= 0.3 is 0 Å². The standard InChI is InChI=1S/C15H16N/c1-11-5-3-6-12-8-9-13-7-4-10-16(2)15(13)14(11)12/h3-7,10H,8-9H2,1-2H3/q+1. The molecule has 1 heteroatoms. The fourth-order valence-corrected chi connectivity index (χ4v) is 2.75. The summed E-state index contributed by atoms with van der Waals surface area (Å²) in [5.41, 5.74) is 7.22. The molecule has 0 unspecified atom stereocenters. The van der Waals surface area contributed by atoms with E-state index in [1.165, 1.54) is 40.8 Å². The van der Waals surface area contributed by atoms with Crippen molar-refractivity contribution in [3.05, 3.63) is 53.2 Å². The lowest BCUT2D eigenvalue weighted by Gasteiger charge is -2.18. The zero-order valence-electron chi connectivity index (χ0n) is 9.83. The monoisotopic (exact) mass is 210 g/mol. The van der Waals surface area contributed by atoms with Crippen molar-refractivity contribution in [2.24, 2.45) is 7.05 Å². The summed E-state index contributed by atoms with van der Waals surface area (Å²) in [5.74, 6) is 0. The lowest BCUT2D eigenvalue weighted by atomic mass is 9.86. The number of pyridine rings is 1. The quantitative estimate of drug-likeness (QED) is 0.588. The number of fused-ring (bicyclic) bond motifs is 3. The van der Waals surface area contributed by atoms with Crippen LogP contribution in [0.2, 0.25) is 0 Å². The molecule has 0 radical (unpaired) electrons. The maximum Gasteiger partial charge on any atom is 0.216 e. The summed E-state index contributed by atoms with van der Waals surface area (Å²) >= 11 is 0. The van der Waals surface area contributed by atoms with E-state index in [2.05, 4.69) is 55.1 Å². The van der Waals surface area contributed by atoms with Crippen molar-refractivity contribution in [1.82, 2.24) is 0 Å². The number of hydrogen-bond donors (Lipinski definition) is 0. The van der Waals surface area contributed by atoms with Gasteiger partial charge in [0.25, 0.3) is 0 Å². The van der Waals surface area contributed by atoms with Crippen molar-refractivity contribution in [1.29, 1.82) is 0 Å². The molecule has 80 valence electrons. The molecule has 0 spiro atoms. The van der Waals surface area contributed by atoms with Gasteiger partial charge in [0.15, 0.2) is 6.20 Å². The molecular weight excluding hydrogens is 194 g/mol. The van der Waals surface area contributed by atoms with Gasteiger partial charge in [-0.3, -0.25) is 0 Å². The van der Waals surface area contributed by atoms with Crippen LogP contribution in [0.5, 0.6) is 0 Å². The SMILES string of the molecule is Cc1cccc2c1-c1c(ccc[n+]1C)CC2. The van der Waals surface area contributed by atoms with Gasteiger partial charge in [-0.1, -0.05) is 18.2 Å². The van der Waals surface area contributed by atoms with Crippen molar-refractivity contribution < 1.29 is 4.57 Å². The summed E-state index contributed by atoms with van der Waals surface area (Å²) in [6.45, 7) is 2.21. The number of nitrogens with zero attached hydrogens (tertiary/aromatic N) is 1. The molecule has 0 amide bonds. The normalized spacial score (nSPS) is 13.1. The third-order valence-electron chi connectivity index (χ3n) is 3.52. The Balaban J connectivity index is 2.37. The molecule has 1 heterocycles. The summed E-state index contributed by atoms with van der Waals surface area (Å²) < 4.78 is 2.25. The van der Waals surface area contributed by atoms with Gasteiger partial charge in [0.05, 0.1) is 5.56 Å². The molecule has 0 fully saturated rings. The zero-order chi connectivity index (χ0) is 11.1. The van der Waals surface area contributed by atoms with Crippen molar-refractivity contribution >= 4 is 0 Å². The van der Waals surface area contributed by atoms with Crippen molar-refractivity contribution in [2.75, 3.05) is 0 Å². The zero-order valence-corrected chi connectivity index (χ0v) is 9.83. The summed E-state index contributed by atoms with van der Waals surface area (Å²) in [5, 5.41) is 0. The highest BCUT2D eigenvalue weighted by atomic mass is 14.9. The summed E-state index contributed by atoms with van der Waals surface area (Å²) in [7, 11) is 2.14. The predicted octanol–water partition coefficient (Wildman–Crippen LogP) is 2.59. The van der Waals surface area contributed by atoms with Crippen LogP contribution in [-0.2, 0) is 19.9 Å². The molecule has 1 nitrogen and oxygen atoms in total. The second-order valence-corrected chi connectivity index (χ2v) is 4.60. The topological polar surface area (TPSA) is 3.88 Å². The second kappa shape index (κ2) is 3.44. The average molecular weight is 210 g/mol. The Labute approximate surface area is 96.4 Å². The fourth-order valence-electron chi connectivity index (χ4n) is 2.75. The van der Waals surface area contributed by atoms with Gasteiger partial charge < -0.3 is 0 Å². The van der Waals surface area contributed by atoms with Crippen LogP contribution in [0, 0.1) is 6.92 Å². The van der Waals surface area contributed by atoms with Gasteiger partial charge in [0.1, 0.15) is 7.05 Å². The van der Waals surface area contributed by atoms with E-state index in [4.69, 9.17) is 0 Å². The van der Waals surface area contributed by atoms with Crippen molar-refractivity contribution in [2.45, 2.75) is 19.8 Å². The van der Waals surface area contributed by atoms with Crippen LogP contribution in [0.4, 0.5) is 0 Å². The highest BCUT2D eigenvalue weighted by Crippen LogP contribution is 2.32. The van der Waals surface area contributed by atoms with Gasteiger partial charge in [0, 0.05) is 11.6 Å².